The predicted molar refractivity (Wildman–Crippen MR) is 65.9 cm³/mol. The maximum Gasteiger partial charge on any atom is 0.274 e. The molecule has 1 amide bonds. The van der Waals surface area contributed by atoms with E-state index in [0.29, 0.717) is 12.2 Å². The van der Waals surface area contributed by atoms with Gasteiger partial charge in [0.1, 0.15) is 5.01 Å². The van der Waals surface area contributed by atoms with Crippen molar-refractivity contribution in [3.05, 3.63) is 34.0 Å². The Kier molecular flexibility index (Phi) is 3.23. The van der Waals surface area contributed by atoms with Gasteiger partial charge in [0.05, 0.1) is 6.54 Å². The minimum absolute atomic E-state index is 0.0797. The van der Waals surface area contributed by atoms with Crippen LogP contribution >= 0.6 is 11.3 Å². The fraction of sp³-hybridized carbons (Fsp3) is 0.364. The summed E-state index contributed by atoms with van der Waals surface area (Å²) in [5.74, 6) is -0.0797. The van der Waals surface area contributed by atoms with Crippen molar-refractivity contribution in [1.29, 1.82) is 0 Å². The molecule has 2 heterocycles. The number of hydrogen-bond acceptors (Lipinski definition) is 4. The van der Waals surface area contributed by atoms with E-state index in [0.717, 1.165) is 10.7 Å². The number of hydrogen-bond donors (Lipinski definition) is 0. The predicted octanol–water partition coefficient (Wildman–Crippen LogP) is 1.46. The highest BCUT2D eigenvalue weighted by molar-refractivity contribution is 7.09. The first kappa shape index (κ1) is 11.8. The molecule has 0 spiro atoms. The number of amides is 1. The van der Waals surface area contributed by atoms with Crippen LogP contribution < -0.4 is 0 Å². The van der Waals surface area contributed by atoms with Crippen LogP contribution in [0, 0.1) is 6.92 Å². The van der Waals surface area contributed by atoms with Crippen molar-refractivity contribution in [3.8, 4) is 0 Å². The summed E-state index contributed by atoms with van der Waals surface area (Å²) in [6.45, 7) is 2.44. The number of carbonyl (C=O) groups is 1. The van der Waals surface area contributed by atoms with Gasteiger partial charge >= 0.3 is 0 Å². The van der Waals surface area contributed by atoms with Crippen LogP contribution in [-0.2, 0) is 13.6 Å². The molecule has 0 aliphatic heterocycles. The van der Waals surface area contributed by atoms with Crippen molar-refractivity contribution in [2.75, 3.05) is 7.05 Å². The van der Waals surface area contributed by atoms with E-state index in [-0.39, 0.29) is 5.91 Å². The molecule has 90 valence electrons. The molecule has 0 aliphatic rings. The molecule has 0 radical (unpaired) electrons. The van der Waals surface area contributed by atoms with Crippen LogP contribution in [0.15, 0.2) is 17.6 Å². The highest BCUT2D eigenvalue weighted by Gasteiger charge is 2.16. The summed E-state index contributed by atoms with van der Waals surface area (Å²) >= 11 is 1.54. The largest absolute Gasteiger partial charge is 0.334 e. The van der Waals surface area contributed by atoms with E-state index in [4.69, 9.17) is 0 Å². The normalized spacial score (nSPS) is 10.5. The van der Waals surface area contributed by atoms with E-state index in [1.54, 1.807) is 40.2 Å². The van der Waals surface area contributed by atoms with Crippen LogP contribution in [0.3, 0.4) is 0 Å². The second kappa shape index (κ2) is 4.67. The van der Waals surface area contributed by atoms with Gasteiger partial charge in [-0.25, -0.2) is 4.98 Å². The lowest BCUT2D eigenvalue weighted by molar-refractivity contribution is 0.0778. The number of aryl methyl sites for hydroxylation is 2. The van der Waals surface area contributed by atoms with Gasteiger partial charge in [-0.15, -0.1) is 11.3 Å². The van der Waals surface area contributed by atoms with Crippen LogP contribution in [0.1, 0.15) is 21.2 Å². The van der Waals surface area contributed by atoms with Gasteiger partial charge in [-0.3, -0.25) is 9.48 Å². The lowest BCUT2D eigenvalue weighted by Crippen LogP contribution is -2.26. The maximum absolute atomic E-state index is 12.1. The zero-order valence-corrected chi connectivity index (χ0v) is 10.9. The Morgan fingerprint density at radius 1 is 1.59 bits per heavy atom. The second-order valence-corrected chi connectivity index (χ2v) is 4.86. The maximum atomic E-state index is 12.1. The highest BCUT2D eigenvalue weighted by Crippen LogP contribution is 2.10. The van der Waals surface area contributed by atoms with Crippen LogP contribution in [-0.4, -0.2) is 32.6 Å². The van der Waals surface area contributed by atoms with Gasteiger partial charge in [0.25, 0.3) is 5.91 Å². The molecule has 0 unspecified atom stereocenters. The Labute approximate surface area is 104 Å². The van der Waals surface area contributed by atoms with Crippen molar-refractivity contribution in [1.82, 2.24) is 19.7 Å². The molecule has 0 saturated carbocycles. The Hall–Kier alpha value is -1.69. The molecule has 5 nitrogen and oxygen atoms in total. The zero-order valence-electron chi connectivity index (χ0n) is 10.0. The third-order valence-electron chi connectivity index (χ3n) is 2.54. The smallest absolute Gasteiger partial charge is 0.274 e. The van der Waals surface area contributed by atoms with Gasteiger partial charge in [-0.2, -0.15) is 5.10 Å². The van der Waals surface area contributed by atoms with Crippen LogP contribution in [0.5, 0.6) is 0 Å². The summed E-state index contributed by atoms with van der Waals surface area (Å²) in [7, 11) is 3.58. The Morgan fingerprint density at radius 2 is 2.35 bits per heavy atom. The van der Waals surface area contributed by atoms with Gasteiger partial charge in [0.15, 0.2) is 5.69 Å². The summed E-state index contributed by atoms with van der Waals surface area (Å²) in [5, 5.41) is 6.99. The summed E-state index contributed by atoms with van der Waals surface area (Å²) < 4.78 is 1.70. The SMILES string of the molecule is Cc1cc(C(=O)N(C)Cc2nccs2)nn1C. The van der Waals surface area contributed by atoms with Gasteiger partial charge in [0.2, 0.25) is 0 Å². The van der Waals surface area contributed by atoms with Gasteiger partial charge < -0.3 is 4.90 Å². The van der Waals surface area contributed by atoms with Crippen molar-refractivity contribution in [3.63, 3.8) is 0 Å². The van der Waals surface area contributed by atoms with Crippen molar-refractivity contribution in [2.24, 2.45) is 7.05 Å². The molecule has 0 N–H and O–H groups in total. The minimum atomic E-state index is -0.0797. The van der Waals surface area contributed by atoms with Crippen LogP contribution in [0.2, 0.25) is 0 Å². The second-order valence-electron chi connectivity index (χ2n) is 3.88. The summed E-state index contributed by atoms with van der Waals surface area (Å²) in [4.78, 5) is 17.8. The van der Waals surface area contributed by atoms with Crippen LogP contribution in [0.25, 0.3) is 0 Å². The number of aromatic nitrogens is 3. The average Bonchev–Trinajstić information content (AvgIpc) is 2.89. The molecule has 0 saturated heterocycles. The van der Waals surface area contributed by atoms with Crippen LogP contribution in [0.4, 0.5) is 0 Å². The minimum Gasteiger partial charge on any atom is -0.334 e. The molecule has 0 fully saturated rings. The van der Waals surface area contributed by atoms with E-state index in [1.165, 1.54) is 0 Å². The summed E-state index contributed by atoms with van der Waals surface area (Å²) in [6.07, 6.45) is 1.74. The van der Waals surface area contributed by atoms with E-state index in [1.807, 2.05) is 19.4 Å². The van der Waals surface area contributed by atoms with Gasteiger partial charge in [-0.1, -0.05) is 0 Å². The first-order valence-corrected chi connectivity index (χ1v) is 6.10. The number of rotatable bonds is 3. The fourth-order valence-electron chi connectivity index (χ4n) is 1.47. The molecule has 2 rings (SSSR count). The van der Waals surface area contributed by atoms with Crippen molar-refractivity contribution in [2.45, 2.75) is 13.5 Å². The first-order valence-electron chi connectivity index (χ1n) is 5.22. The molecular weight excluding hydrogens is 236 g/mol. The third kappa shape index (κ3) is 2.52. The number of carbonyl (C=O) groups excluding carboxylic acids is 1. The Bertz CT molecular complexity index is 498. The monoisotopic (exact) mass is 250 g/mol. The fourth-order valence-corrected chi connectivity index (χ4v) is 2.14. The molecule has 2 aromatic heterocycles. The van der Waals surface area contributed by atoms with E-state index >= 15 is 0 Å². The summed E-state index contributed by atoms with van der Waals surface area (Å²) in [6, 6.07) is 1.79. The summed E-state index contributed by atoms with van der Waals surface area (Å²) in [5.41, 5.74) is 1.44. The standard InChI is InChI=1S/C11H14N4OS/c1-8-6-9(13-15(8)3)11(16)14(2)7-10-12-4-5-17-10/h4-6H,7H2,1-3H3. The topological polar surface area (TPSA) is 51.0 Å². The molecule has 0 atom stereocenters. The lowest BCUT2D eigenvalue weighted by Gasteiger charge is -2.13. The Morgan fingerprint density at radius 3 is 2.88 bits per heavy atom. The lowest BCUT2D eigenvalue weighted by atomic mass is 10.3. The molecule has 2 aromatic rings. The average molecular weight is 250 g/mol. The molecule has 0 aromatic carbocycles. The molecule has 0 bridgehead atoms. The quantitative estimate of drug-likeness (QED) is 0.828. The van der Waals surface area contributed by atoms with Gasteiger partial charge in [-0.05, 0) is 13.0 Å². The van der Waals surface area contributed by atoms with E-state index in [2.05, 4.69) is 10.1 Å². The molecule has 17 heavy (non-hydrogen) atoms. The number of thiazole rings is 1. The van der Waals surface area contributed by atoms with Crippen molar-refractivity contribution < 1.29 is 4.79 Å². The highest BCUT2D eigenvalue weighted by atomic mass is 32.1. The third-order valence-corrected chi connectivity index (χ3v) is 3.30. The molecule has 0 aliphatic carbocycles. The Balaban J connectivity index is 2.09. The van der Waals surface area contributed by atoms with E-state index in [9.17, 15) is 4.79 Å². The molecular formula is C11H14N4OS. The zero-order chi connectivity index (χ0) is 12.4. The van der Waals surface area contributed by atoms with E-state index < -0.39 is 0 Å². The first-order chi connectivity index (χ1) is 8.08. The van der Waals surface area contributed by atoms with Crippen molar-refractivity contribution >= 4 is 17.2 Å². The molecule has 6 heteroatoms. The number of nitrogens with zero attached hydrogens (tertiary/aromatic N) is 4. The van der Waals surface area contributed by atoms with Gasteiger partial charge in [0, 0.05) is 31.4 Å².